The van der Waals surface area contributed by atoms with Crippen molar-refractivity contribution in [1.29, 1.82) is 10.5 Å². The minimum Gasteiger partial charge on any atom is -0.344 e. The van der Waals surface area contributed by atoms with Gasteiger partial charge in [-0.1, -0.05) is 0 Å². The van der Waals surface area contributed by atoms with Crippen molar-refractivity contribution < 1.29 is 4.39 Å². The molecule has 0 N–H and O–H groups in total. The van der Waals surface area contributed by atoms with Gasteiger partial charge in [0.2, 0.25) is 0 Å². The van der Waals surface area contributed by atoms with Crippen LogP contribution in [0.15, 0.2) is 42.5 Å². The van der Waals surface area contributed by atoms with Crippen molar-refractivity contribution >= 4 is 11.4 Å². The molecule has 0 spiro atoms. The van der Waals surface area contributed by atoms with Gasteiger partial charge in [-0.15, -0.1) is 0 Å². The second kappa shape index (κ2) is 5.20. The largest absolute Gasteiger partial charge is 0.344 e. The summed E-state index contributed by atoms with van der Waals surface area (Å²) < 4.78 is 13.1. The third-order valence-electron chi connectivity index (χ3n) is 2.82. The molecule has 0 aromatic heterocycles. The quantitative estimate of drug-likeness (QED) is 0.822. The van der Waals surface area contributed by atoms with Crippen molar-refractivity contribution in [3.63, 3.8) is 0 Å². The van der Waals surface area contributed by atoms with Crippen molar-refractivity contribution in [1.82, 2.24) is 0 Å². The van der Waals surface area contributed by atoms with E-state index < -0.39 is 5.82 Å². The van der Waals surface area contributed by atoms with Gasteiger partial charge in [-0.2, -0.15) is 10.5 Å². The Kier molecular flexibility index (Phi) is 3.45. The number of halogens is 1. The SMILES string of the molecule is CN(c1ccc(C#N)cc1)c1ccc(F)cc1C#N. The lowest BCUT2D eigenvalue weighted by atomic mass is 10.1. The molecule has 2 rings (SSSR count). The van der Waals surface area contributed by atoms with Crippen molar-refractivity contribution in [2.75, 3.05) is 11.9 Å². The van der Waals surface area contributed by atoms with Crippen LogP contribution in [-0.4, -0.2) is 7.05 Å². The molecular formula is C15H10FN3. The highest BCUT2D eigenvalue weighted by molar-refractivity contribution is 5.69. The first kappa shape index (κ1) is 12.6. The first-order chi connectivity index (χ1) is 9.15. The number of rotatable bonds is 2. The summed E-state index contributed by atoms with van der Waals surface area (Å²) in [6, 6.07) is 15.1. The van der Waals surface area contributed by atoms with Crippen LogP contribution in [0.2, 0.25) is 0 Å². The molecular weight excluding hydrogens is 241 g/mol. The number of benzene rings is 2. The first-order valence-electron chi connectivity index (χ1n) is 5.59. The van der Waals surface area contributed by atoms with Gasteiger partial charge in [0.25, 0.3) is 0 Å². The maximum Gasteiger partial charge on any atom is 0.124 e. The van der Waals surface area contributed by atoms with Crippen LogP contribution in [0.1, 0.15) is 11.1 Å². The monoisotopic (exact) mass is 251 g/mol. The van der Waals surface area contributed by atoms with Crippen molar-refractivity contribution in [2.45, 2.75) is 0 Å². The van der Waals surface area contributed by atoms with Gasteiger partial charge in [0, 0.05) is 12.7 Å². The zero-order valence-electron chi connectivity index (χ0n) is 10.3. The number of nitriles is 2. The molecule has 0 amide bonds. The van der Waals surface area contributed by atoms with Crippen LogP contribution >= 0.6 is 0 Å². The molecule has 3 nitrogen and oxygen atoms in total. The summed E-state index contributed by atoms with van der Waals surface area (Å²) in [5.74, 6) is -0.437. The summed E-state index contributed by atoms with van der Waals surface area (Å²) in [5.41, 5.74) is 2.28. The van der Waals surface area contributed by atoms with Crippen LogP contribution in [0.5, 0.6) is 0 Å². The lowest BCUT2D eigenvalue weighted by molar-refractivity contribution is 0.627. The van der Waals surface area contributed by atoms with E-state index in [1.807, 2.05) is 12.1 Å². The smallest absolute Gasteiger partial charge is 0.124 e. The number of anilines is 2. The molecule has 0 heterocycles. The fourth-order valence-electron chi connectivity index (χ4n) is 1.79. The fourth-order valence-corrected chi connectivity index (χ4v) is 1.79. The normalized spacial score (nSPS) is 9.47. The molecule has 0 saturated carbocycles. The summed E-state index contributed by atoms with van der Waals surface area (Å²) in [4.78, 5) is 1.78. The van der Waals surface area contributed by atoms with E-state index in [0.717, 1.165) is 5.69 Å². The lowest BCUT2D eigenvalue weighted by Crippen LogP contribution is -2.11. The number of hydrogen-bond acceptors (Lipinski definition) is 3. The van der Waals surface area contributed by atoms with Crippen LogP contribution in [0.25, 0.3) is 0 Å². The second-order valence-corrected chi connectivity index (χ2v) is 3.99. The van der Waals surface area contributed by atoms with E-state index in [1.54, 1.807) is 42.3 Å². The molecule has 92 valence electrons. The third-order valence-corrected chi connectivity index (χ3v) is 2.82. The zero-order valence-corrected chi connectivity index (χ0v) is 10.3. The summed E-state index contributed by atoms with van der Waals surface area (Å²) in [5, 5.41) is 17.8. The fraction of sp³-hybridized carbons (Fsp3) is 0.0667. The van der Waals surface area contributed by atoms with Gasteiger partial charge in [-0.3, -0.25) is 0 Å². The van der Waals surface area contributed by atoms with Crippen LogP contribution in [0, 0.1) is 28.5 Å². The summed E-state index contributed by atoms with van der Waals surface area (Å²) in [7, 11) is 1.79. The molecule has 0 radical (unpaired) electrons. The van der Waals surface area contributed by atoms with Gasteiger partial charge in [0.15, 0.2) is 0 Å². The van der Waals surface area contributed by atoms with Crippen molar-refractivity contribution in [3.05, 3.63) is 59.4 Å². The van der Waals surface area contributed by atoms with Crippen molar-refractivity contribution in [2.24, 2.45) is 0 Å². The number of nitrogens with zero attached hydrogens (tertiary/aromatic N) is 3. The predicted octanol–water partition coefficient (Wildman–Crippen LogP) is 3.34. The average Bonchev–Trinajstić information content (AvgIpc) is 2.46. The zero-order chi connectivity index (χ0) is 13.8. The molecule has 19 heavy (non-hydrogen) atoms. The highest BCUT2D eigenvalue weighted by Gasteiger charge is 2.10. The lowest BCUT2D eigenvalue weighted by Gasteiger charge is -2.20. The molecule has 0 aliphatic heterocycles. The summed E-state index contributed by atoms with van der Waals surface area (Å²) in [6.45, 7) is 0. The van der Waals surface area contributed by atoms with E-state index in [0.29, 0.717) is 11.3 Å². The van der Waals surface area contributed by atoms with E-state index in [2.05, 4.69) is 0 Å². The van der Waals surface area contributed by atoms with Gasteiger partial charge in [0.05, 0.1) is 22.9 Å². The molecule has 2 aromatic carbocycles. The van der Waals surface area contributed by atoms with E-state index in [4.69, 9.17) is 10.5 Å². The Morgan fingerprint density at radius 3 is 2.26 bits per heavy atom. The highest BCUT2D eigenvalue weighted by Crippen LogP contribution is 2.27. The Morgan fingerprint density at radius 1 is 1.00 bits per heavy atom. The minimum absolute atomic E-state index is 0.270. The van der Waals surface area contributed by atoms with Gasteiger partial charge in [-0.05, 0) is 42.5 Å². The van der Waals surface area contributed by atoms with E-state index in [9.17, 15) is 4.39 Å². The average molecular weight is 251 g/mol. The molecule has 0 aliphatic rings. The van der Waals surface area contributed by atoms with E-state index in [1.165, 1.54) is 12.1 Å². The van der Waals surface area contributed by atoms with E-state index in [-0.39, 0.29) is 5.56 Å². The minimum atomic E-state index is -0.437. The Hall–Kier alpha value is -2.85. The molecule has 0 bridgehead atoms. The van der Waals surface area contributed by atoms with Gasteiger partial charge < -0.3 is 4.90 Å². The van der Waals surface area contributed by atoms with Crippen LogP contribution in [-0.2, 0) is 0 Å². The van der Waals surface area contributed by atoms with Crippen molar-refractivity contribution in [3.8, 4) is 12.1 Å². The molecule has 0 unspecified atom stereocenters. The third kappa shape index (κ3) is 2.53. The molecule has 0 aliphatic carbocycles. The summed E-state index contributed by atoms with van der Waals surface area (Å²) in [6.07, 6.45) is 0. The Balaban J connectivity index is 2.41. The Morgan fingerprint density at radius 2 is 1.68 bits per heavy atom. The van der Waals surface area contributed by atoms with Gasteiger partial charge in [0.1, 0.15) is 11.9 Å². The molecule has 4 heteroatoms. The highest BCUT2D eigenvalue weighted by atomic mass is 19.1. The summed E-state index contributed by atoms with van der Waals surface area (Å²) >= 11 is 0. The molecule has 0 saturated heterocycles. The number of hydrogen-bond donors (Lipinski definition) is 0. The topological polar surface area (TPSA) is 50.8 Å². The van der Waals surface area contributed by atoms with Gasteiger partial charge in [-0.25, -0.2) is 4.39 Å². The Bertz CT molecular complexity index is 678. The van der Waals surface area contributed by atoms with Crippen LogP contribution in [0.4, 0.5) is 15.8 Å². The Labute approximate surface area is 110 Å². The second-order valence-electron chi connectivity index (χ2n) is 3.99. The maximum absolute atomic E-state index is 13.1. The van der Waals surface area contributed by atoms with Crippen LogP contribution in [0.3, 0.4) is 0 Å². The van der Waals surface area contributed by atoms with Crippen LogP contribution < -0.4 is 4.90 Å². The molecule has 0 fully saturated rings. The predicted molar refractivity (Wildman–Crippen MR) is 70.3 cm³/mol. The van der Waals surface area contributed by atoms with Gasteiger partial charge >= 0.3 is 0 Å². The molecule has 2 aromatic rings. The maximum atomic E-state index is 13.1. The van der Waals surface area contributed by atoms with E-state index >= 15 is 0 Å². The standard InChI is InChI=1S/C15H10FN3/c1-19(14-5-2-11(9-17)3-6-14)15-7-4-13(16)8-12(15)10-18/h2-8H,1H3. The molecule has 0 atom stereocenters. The first-order valence-corrected chi connectivity index (χ1v) is 5.59.